The van der Waals surface area contributed by atoms with Crippen LogP contribution in [0.25, 0.3) is 10.9 Å². The van der Waals surface area contributed by atoms with Gasteiger partial charge in [0.05, 0.1) is 11.3 Å². The molecule has 0 radical (unpaired) electrons. The lowest BCUT2D eigenvalue weighted by Gasteiger charge is -2.07. The second-order valence-corrected chi connectivity index (χ2v) is 7.31. The van der Waals surface area contributed by atoms with Crippen LogP contribution in [0, 0.1) is 0 Å². The number of nitrogens with one attached hydrogen (secondary N) is 1. The van der Waals surface area contributed by atoms with Gasteiger partial charge in [0.25, 0.3) is 0 Å². The molecule has 0 fully saturated rings. The summed E-state index contributed by atoms with van der Waals surface area (Å²) in [6.07, 6.45) is 4.88. The van der Waals surface area contributed by atoms with Gasteiger partial charge in [-0.05, 0) is 22.0 Å². The third kappa shape index (κ3) is 2.84. The maximum atomic E-state index is 11.1. The van der Waals surface area contributed by atoms with Crippen LogP contribution in [-0.2, 0) is 16.9 Å². The normalized spacial score (nSPS) is 11.9. The van der Waals surface area contributed by atoms with Gasteiger partial charge in [-0.1, -0.05) is 0 Å². The number of anilines is 1. The first-order chi connectivity index (χ1) is 8.38. The first-order valence-corrected chi connectivity index (χ1v) is 8.25. The van der Waals surface area contributed by atoms with E-state index in [4.69, 9.17) is 0 Å². The molecule has 0 saturated carbocycles. The van der Waals surface area contributed by atoms with Crippen LogP contribution >= 0.6 is 15.9 Å². The summed E-state index contributed by atoms with van der Waals surface area (Å²) >= 11 is 3.48. The standard InChI is InChI=1S/C11H14BrN3O2S/c1-15-7-9(12)8-3-4-13-11(10(8)15)14-5-6-18(2,16)17/h3-4,7H,5-6H2,1-2H3,(H,13,14). The van der Waals surface area contributed by atoms with Crippen molar-refractivity contribution in [1.82, 2.24) is 9.55 Å². The molecule has 98 valence electrons. The van der Waals surface area contributed by atoms with Gasteiger partial charge in [-0.15, -0.1) is 0 Å². The average molecular weight is 332 g/mol. The van der Waals surface area contributed by atoms with Crippen LogP contribution in [-0.4, -0.2) is 36.5 Å². The number of sulfone groups is 1. The highest BCUT2D eigenvalue weighted by Gasteiger charge is 2.10. The molecule has 7 heteroatoms. The predicted molar refractivity (Wildman–Crippen MR) is 76.6 cm³/mol. The highest BCUT2D eigenvalue weighted by Crippen LogP contribution is 2.29. The molecule has 2 rings (SSSR count). The third-order valence-electron chi connectivity index (χ3n) is 2.61. The van der Waals surface area contributed by atoms with Gasteiger partial charge >= 0.3 is 0 Å². The van der Waals surface area contributed by atoms with Crippen LogP contribution in [0.3, 0.4) is 0 Å². The molecule has 0 aliphatic carbocycles. The molecule has 2 heterocycles. The summed E-state index contributed by atoms with van der Waals surface area (Å²) < 4.78 is 25.1. The number of aromatic nitrogens is 2. The molecular formula is C11H14BrN3O2S. The van der Waals surface area contributed by atoms with Crippen molar-refractivity contribution in [3.05, 3.63) is 22.9 Å². The van der Waals surface area contributed by atoms with Crippen LogP contribution in [0.5, 0.6) is 0 Å². The molecule has 2 aromatic rings. The van der Waals surface area contributed by atoms with Gasteiger partial charge in [0.15, 0.2) is 5.82 Å². The van der Waals surface area contributed by atoms with Gasteiger partial charge in [0.2, 0.25) is 0 Å². The summed E-state index contributed by atoms with van der Waals surface area (Å²) in [6, 6.07) is 1.92. The topological polar surface area (TPSA) is 64.0 Å². The summed E-state index contributed by atoms with van der Waals surface area (Å²) in [4.78, 5) is 4.25. The number of rotatable bonds is 4. The molecule has 0 bridgehead atoms. The Hall–Kier alpha value is -1.08. The summed E-state index contributed by atoms with van der Waals surface area (Å²) in [6.45, 7) is 0.355. The highest BCUT2D eigenvalue weighted by molar-refractivity contribution is 9.10. The Kier molecular flexibility index (Phi) is 3.63. The fourth-order valence-corrected chi connectivity index (χ4v) is 2.89. The van der Waals surface area contributed by atoms with Crippen molar-refractivity contribution < 1.29 is 8.42 Å². The minimum atomic E-state index is -2.96. The largest absolute Gasteiger partial charge is 0.367 e. The van der Waals surface area contributed by atoms with Crippen molar-refractivity contribution in [3.63, 3.8) is 0 Å². The van der Waals surface area contributed by atoms with Gasteiger partial charge in [0, 0.05) is 42.1 Å². The number of hydrogen-bond donors (Lipinski definition) is 1. The molecule has 18 heavy (non-hydrogen) atoms. The van der Waals surface area contributed by atoms with E-state index in [1.165, 1.54) is 6.26 Å². The van der Waals surface area contributed by atoms with Crippen LogP contribution in [0.15, 0.2) is 22.9 Å². The molecule has 5 nitrogen and oxygen atoms in total. The lowest BCUT2D eigenvalue weighted by atomic mass is 10.3. The third-order valence-corrected chi connectivity index (χ3v) is 4.18. The fraction of sp³-hybridized carbons (Fsp3) is 0.364. The Labute approximate surface area is 114 Å². The molecular weight excluding hydrogens is 318 g/mol. The molecule has 0 aliphatic heterocycles. The minimum Gasteiger partial charge on any atom is -0.367 e. The summed E-state index contributed by atoms with van der Waals surface area (Å²) in [5, 5.41) is 4.12. The van der Waals surface area contributed by atoms with E-state index in [1.54, 1.807) is 6.20 Å². The molecule has 0 aliphatic rings. The van der Waals surface area contributed by atoms with E-state index in [0.29, 0.717) is 12.4 Å². The second-order valence-electron chi connectivity index (χ2n) is 4.20. The lowest BCUT2D eigenvalue weighted by molar-refractivity contribution is 0.602. The Morgan fingerprint density at radius 2 is 2.22 bits per heavy atom. The summed E-state index contributed by atoms with van der Waals surface area (Å²) in [5.41, 5.74) is 0.956. The van der Waals surface area contributed by atoms with Gasteiger partial charge in [-0.3, -0.25) is 0 Å². The number of halogens is 1. The zero-order valence-corrected chi connectivity index (χ0v) is 12.5. The number of nitrogens with zero attached hydrogens (tertiary/aromatic N) is 2. The molecule has 2 aromatic heterocycles. The van der Waals surface area contributed by atoms with E-state index in [-0.39, 0.29) is 5.75 Å². The van der Waals surface area contributed by atoms with E-state index in [2.05, 4.69) is 26.2 Å². The van der Waals surface area contributed by atoms with Gasteiger partial charge < -0.3 is 9.88 Å². The van der Waals surface area contributed by atoms with Crippen molar-refractivity contribution in [3.8, 4) is 0 Å². The predicted octanol–water partition coefficient (Wildman–Crippen LogP) is 1.79. The molecule has 0 atom stereocenters. The molecule has 0 aromatic carbocycles. The quantitative estimate of drug-likeness (QED) is 0.927. The Balaban J connectivity index is 2.29. The first kappa shape index (κ1) is 13.4. The smallest absolute Gasteiger partial charge is 0.150 e. The van der Waals surface area contributed by atoms with Gasteiger partial charge in [-0.25, -0.2) is 13.4 Å². The molecule has 0 spiro atoms. The van der Waals surface area contributed by atoms with Crippen molar-refractivity contribution in [2.75, 3.05) is 23.9 Å². The fourth-order valence-electron chi connectivity index (χ4n) is 1.79. The van der Waals surface area contributed by atoms with Crippen molar-refractivity contribution >= 4 is 42.5 Å². The molecule has 1 N–H and O–H groups in total. The minimum absolute atomic E-state index is 0.0939. The first-order valence-electron chi connectivity index (χ1n) is 5.39. The maximum Gasteiger partial charge on any atom is 0.150 e. The maximum absolute atomic E-state index is 11.1. The van der Waals surface area contributed by atoms with E-state index in [0.717, 1.165) is 15.4 Å². The zero-order valence-electron chi connectivity index (χ0n) is 10.1. The zero-order chi connectivity index (χ0) is 13.3. The summed E-state index contributed by atoms with van der Waals surface area (Å²) in [5.74, 6) is 0.792. The van der Waals surface area contributed by atoms with E-state index >= 15 is 0 Å². The highest BCUT2D eigenvalue weighted by atomic mass is 79.9. The second kappa shape index (κ2) is 4.89. The Morgan fingerprint density at radius 1 is 1.50 bits per heavy atom. The van der Waals surface area contributed by atoms with E-state index in [9.17, 15) is 8.42 Å². The average Bonchev–Trinajstić information content (AvgIpc) is 2.54. The van der Waals surface area contributed by atoms with Crippen LogP contribution < -0.4 is 5.32 Å². The number of pyridine rings is 1. The molecule has 0 saturated heterocycles. The van der Waals surface area contributed by atoms with Crippen LogP contribution in [0.1, 0.15) is 0 Å². The van der Waals surface area contributed by atoms with Crippen molar-refractivity contribution in [1.29, 1.82) is 0 Å². The lowest BCUT2D eigenvalue weighted by Crippen LogP contribution is -2.15. The SMILES string of the molecule is Cn1cc(Br)c2ccnc(NCCS(C)(=O)=O)c21. The molecule has 0 amide bonds. The van der Waals surface area contributed by atoms with Crippen molar-refractivity contribution in [2.45, 2.75) is 0 Å². The summed E-state index contributed by atoms with van der Waals surface area (Å²) in [7, 11) is -1.03. The van der Waals surface area contributed by atoms with E-state index < -0.39 is 9.84 Å². The molecule has 0 unspecified atom stereocenters. The van der Waals surface area contributed by atoms with Gasteiger partial charge in [-0.2, -0.15) is 0 Å². The number of fused-ring (bicyclic) bond motifs is 1. The Morgan fingerprint density at radius 3 is 2.89 bits per heavy atom. The Bertz CT molecular complexity index is 679. The number of hydrogen-bond acceptors (Lipinski definition) is 4. The number of aryl methyl sites for hydroxylation is 1. The monoisotopic (exact) mass is 331 g/mol. The van der Waals surface area contributed by atoms with Crippen molar-refractivity contribution in [2.24, 2.45) is 7.05 Å². The van der Waals surface area contributed by atoms with Crippen LogP contribution in [0.2, 0.25) is 0 Å². The van der Waals surface area contributed by atoms with Crippen LogP contribution in [0.4, 0.5) is 5.82 Å². The van der Waals surface area contributed by atoms with Gasteiger partial charge in [0.1, 0.15) is 9.84 Å². The van der Waals surface area contributed by atoms with E-state index in [1.807, 2.05) is 23.9 Å².